The number of ether oxygens (including phenoxy) is 1. The van der Waals surface area contributed by atoms with Crippen LogP contribution in [-0.2, 0) is 16.6 Å². The fourth-order valence-electron chi connectivity index (χ4n) is 3.03. The summed E-state index contributed by atoms with van der Waals surface area (Å²) in [6.45, 7) is 5.32. The van der Waals surface area contributed by atoms with Crippen molar-refractivity contribution in [2.45, 2.75) is 37.8 Å². The molecule has 4 N–H and O–H groups in total. The van der Waals surface area contributed by atoms with Gasteiger partial charge in [0.05, 0.1) is 24.1 Å². The standard InChI is InChI=1S/C21H28N4O3S/c1-15(2)13-24-29(26,27)17-9-7-16(8-10-17)14-23-21(22)25-19-11-12-28-20-6-4-3-5-18(19)20/h3-10,15,19,24H,11-14H2,1-2H3,(H3,22,23,25). The molecule has 0 spiro atoms. The zero-order valence-electron chi connectivity index (χ0n) is 16.8. The average molecular weight is 417 g/mol. The Balaban J connectivity index is 1.60. The second kappa shape index (κ2) is 9.28. The molecule has 1 unspecified atom stereocenters. The minimum atomic E-state index is -3.49. The molecule has 0 aliphatic carbocycles. The SMILES string of the molecule is CC(C)CNS(=O)(=O)c1ccc(CN=C(N)NC2CCOc3ccccc32)cc1. The number of benzene rings is 2. The van der Waals surface area contributed by atoms with Gasteiger partial charge in [0, 0.05) is 18.5 Å². The molecule has 8 heteroatoms. The van der Waals surface area contributed by atoms with E-state index in [2.05, 4.69) is 15.0 Å². The molecule has 1 atom stereocenters. The summed E-state index contributed by atoms with van der Waals surface area (Å²) in [5.41, 5.74) is 8.02. The predicted octanol–water partition coefficient (Wildman–Crippen LogP) is 2.55. The van der Waals surface area contributed by atoms with E-state index in [9.17, 15) is 8.42 Å². The molecule has 156 valence electrons. The molecule has 7 nitrogen and oxygen atoms in total. The lowest BCUT2D eigenvalue weighted by molar-refractivity contribution is 0.262. The largest absolute Gasteiger partial charge is 0.493 e. The molecule has 0 radical (unpaired) electrons. The van der Waals surface area contributed by atoms with Crippen LogP contribution in [-0.4, -0.2) is 27.5 Å². The number of fused-ring (bicyclic) bond motifs is 1. The summed E-state index contributed by atoms with van der Waals surface area (Å²) in [5.74, 6) is 1.46. The van der Waals surface area contributed by atoms with E-state index in [1.165, 1.54) is 0 Å². The molecule has 29 heavy (non-hydrogen) atoms. The van der Waals surface area contributed by atoms with Crippen LogP contribution < -0.4 is 20.5 Å². The van der Waals surface area contributed by atoms with E-state index in [1.54, 1.807) is 24.3 Å². The Hall–Kier alpha value is -2.58. The third kappa shape index (κ3) is 5.71. The molecule has 2 aromatic carbocycles. The van der Waals surface area contributed by atoms with Crippen LogP contribution in [0.3, 0.4) is 0 Å². The second-order valence-electron chi connectivity index (χ2n) is 7.46. The number of aliphatic imine (C=N–C) groups is 1. The van der Waals surface area contributed by atoms with Crippen LogP contribution in [0.15, 0.2) is 58.4 Å². The van der Waals surface area contributed by atoms with Crippen LogP contribution in [0.1, 0.15) is 37.4 Å². The van der Waals surface area contributed by atoms with Crippen LogP contribution >= 0.6 is 0 Å². The first kappa shape index (κ1) is 21.1. The smallest absolute Gasteiger partial charge is 0.240 e. The zero-order chi connectivity index (χ0) is 20.9. The highest BCUT2D eigenvalue weighted by molar-refractivity contribution is 7.89. The first-order valence-corrected chi connectivity index (χ1v) is 11.2. The van der Waals surface area contributed by atoms with Crippen molar-refractivity contribution in [1.29, 1.82) is 0 Å². The summed E-state index contributed by atoms with van der Waals surface area (Å²) < 4.78 is 32.8. The zero-order valence-corrected chi connectivity index (χ0v) is 17.6. The summed E-state index contributed by atoms with van der Waals surface area (Å²) in [6.07, 6.45) is 0.809. The predicted molar refractivity (Wildman–Crippen MR) is 114 cm³/mol. The molecule has 0 amide bonds. The molecule has 0 saturated carbocycles. The van der Waals surface area contributed by atoms with E-state index in [0.29, 0.717) is 25.7 Å². The molecular formula is C21H28N4O3S. The summed E-state index contributed by atoms with van der Waals surface area (Å²) in [5, 5.41) is 3.25. The van der Waals surface area contributed by atoms with E-state index in [1.807, 2.05) is 38.1 Å². The number of para-hydroxylation sites is 1. The maximum Gasteiger partial charge on any atom is 0.240 e. The van der Waals surface area contributed by atoms with Gasteiger partial charge in [0.1, 0.15) is 5.75 Å². The fourth-order valence-corrected chi connectivity index (χ4v) is 4.24. The highest BCUT2D eigenvalue weighted by atomic mass is 32.2. The van der Waals surface area contributed by atoms with Gasteiger partial charge < -0.3 is 15.8 Å². The molecule has 1 aliphatic heterocycles. The second-order valence-corrected chi connectivity index (χ2v) is 9.23. The lowest BCUT2D eigenvalue weighted by Gasteiger charge is -2.26. The highest BCUT2D eigenvalue weighted by Crippen LogP contribution is 2.31. The number of guanidine groups is 1. The Bertz CT molecular complexity index is 956. The highest BCUT2D eigenvalue weighted by Gasteiger charge is 2.21. The monoisotopic (exact) mass is 416 g/mol. The Kier molecular flexibility index (Phi) is 6.76. The van der Waals surface area contributed by atoms with Gasteiger partial charge in [-0.15, -0.1) is 0 Å². The topological polar surface area (TPSA) is 106 Å². The fraction of sp³-hybridized carbons (Fsp3) is 0.381. The van der Waals surface area contributed by atoms with Crippen LogP contribution in [0.5, 0.6) is 5.75 Å². The molecule has 0 aromatic heterocycles. The lowest BCUT2D eigenvalue weighted by Crippen LogP contribution is -2.37. The maximum absolute atomic E-state index is 12.3. The Morgan fingerprint density at radius 3 is 2.66 bits per heavy atom. The molecular weight excluding hydrogens is 388 g/mol. The van der Waals surface area contributed by atoms with Gasteiger partial charge in [0.15, 0.2) is 5.96 Å². The van der Waals surface area contributed by atoms with Crippen molar-refractivity contribution in [2.75, 3.05) is 13.2 Å². The van der Waals surface area contributed by atoms with Gasteiger partial charge in [-0.2, -0.15) is 0 Å². The van der Waals surface area contributed by atoms with E-state index in [4.69, 9.17) is 10.5 Å². The maximum atomic E-state index is 12.3. The molecule has 0 bridgehead atoms. The van der Waals surface area contributed by atoms with Crippen molar-refractivity contribution in [1.82, 2.24) is 10.0 Å². The summed E-state index contributed by atoms with van der Waals surface area (Å²) in [7, 11) is -3.49. The molecule has 2 aromatic rings. The number of rotatable bonds is 7. The third-order valence-electron chi connectivity index (χ3n) is 4.63. The Morgan fingerprint density at radius 2 is 1.93 bits per heavy atom. The quantitative estimate of drug-likeness (QED) is 0.475. The minimum Gasteiger partial charge on any atom is -0.493 e. The first-order chi connectivity index (χ1) is 13.8. The number of hydrogen-bond donors (Lipinski definition) is 3. The van der Waals surface area contributed by atoms with Crippen molar-refractivity contribution >= 4 is 16.0 Å². The first-order valence-electron chi connectivity index (χ1n) is 9.72. The molecule has 1 heterocycles. The summed E-state index contributed by atoms with van der Waals surface area (Å²) >= 11 is 0. The van der Waals surface area contributed by atoms with Gasteiger partial charge in [-0.25, -0.2) is 18.1 Å². The third-order valence-corrected chi connectivity index (χ3v) is 6.07. The summed E-state index contributed by atoms with van der Waals surface area (Å²) in [6, 6.07) is 14.6. The molecule has 0 saturated heterocycles. The van der Waals surface area contributed by atoms with Gasteiger partial charge in [0.2, 0.25) is 10.0 Å². The Labute approximate surface area is 172 Å². The van der Waals surface area contributed by atoms with Gasteiger partial charge >= 0.3 is 0 Å². The molecule has 0 fully saturated rings. The molecule has 3 rings (SSSR count). The van der Waals surface area contributed by atoms with Crippen molar-refractivity contribution in [3.63, 3.8) is 0 Å². The normalized spacial score (nSPS) is 16.9. The van der Waals surface area contributed by atoms with Crippen molar-refractivity contribution in [3.8, 4) is 5.75 Å². The number of nitrogens with two attached hydrogens (primary N) is 1. The van der Waals surface area contributed by atoms with Gasteiger partial charge in [-0.05, 0) is 29.7 Å². The van der Waals surface area contributed by atoms with Crippen molar-refractivity contribution in [2.24, 2.45) is 16.6 Å². The van der Waals surface area contributed by atoms with Gasteiger partial charge in [-0.3, -0.25) is 0 Å². The summed E-state index contributed by atoms with van der Waals surface area (Å²) in [4.78, 5) is 4.64. The van der Waals surface area contributed by atoms with Crippen LogP contribution in [0.4, 0.5) is 0 Å². The Morgan fingerprint density at radius 1 is 1.21 bits per heavy atom. The van der Waals surface area contributed by atoms with Crippen LogP contribution in [0.2, 0.25) is 0 Å². The number of nitrogens with one attached hydrogen (secondary N) is 2. The van der Waals surface area contributed by atoms with Crippen LogP contribution in [0, 0.1) is 5.92 Å². The average Bonchev–Trinajstić information content (AvgIpc) is 2.71. The van der Waals surface area contributed by atoms with E-state index >= 15 is 0 Å². The van der Waals surface area contributed by atoms with E-state index in [0.717, 1.165) is 23.3 Å². The van der Waals surface area contributed by atoms with Crippen LogP contribution in [0.25, 0.3) is 0 Å². The van der Waals surface area contributed by atoms with Gasteiger partial charge in [0.25, 0.3) is 0 Å². The molecule has 1 aliphatic rings. The van der Waals surface area contributed by atoms with E-state index < -0.39 is 10.0 Å². The number of hydrogen-bond acceptors (Lipinski definition) is 4. The van der Waals surface area contributed by atoms with Crippen molar-refractivity contribution < 1.29 is 13.2 Å². The minimum absolute atomic E-state index is 0.0586. The number of nitrogens with zero attached hydrogens (tertiary/aromatic N) is 1. The lowest BCUT2D eigenvalue weighted by atomic mass is 10.0. The number of sulfonamides is 1. The van der Waals surface area contributed by atoms with Gasteiger partial charge in [-0.1, -0.05) is 44.2 Å². The van der Waals surface area contributed by atoms with E-state index in [-0.39, 0.29) is 16.9 Å². The van der Waals surface area contributed by atoms with Crippen molar-refractivity contribution in [3.05, 3.63) is 59.7 Å².